The average Bonchev–Trinajstić information content (AvgIpc) is 2.91. The van der Waals surface area contributed by atoms with Crippen LogP contribution in [0, 0.1) is 0 Å². The van der Waals surface area contributed by atoms with Gasteiger partial charge in [-0.1, -0.05) is 0 Å². The third kappa shape index (κ3) is 3.06. The third-order valence-electron chi connectivity index (χ3n) is 3.23. The van der Waals surface area contributed by atoms with Crippen LogP contribution in [0.5, 0.6) is 0 Å². The predicted octanol–water partition coefficient (Wildman–Crippen LogP) is 1.09. The fourth-order valence-electron chi connectivity index (χ4n) is 2.35. The molecular formula is C12H22N4. The van der Waals surface area contributed by atoms with Gasteiger partial charge in [-0.05, 0) is 45.9 Å². The topological polar surface area (TPSA) is 33.1 Å². The van der Waals surface area contributed by atoms with Crippen molar-refractivity contribution in [1.82, 2.24) is 19.8 Å². The molecule has 4 nitrogen and oxygen atoms in total. The maximum atomic E-state index is 4.20. The van der Waals surface area contributed by atoms with E-state index in [1.807, 2.05) is 19.6 Å². The maximum Gasteiger partial charge on any atom is 0.0948 e. The number of hydrogen-bond donors (Lipinski definition) is 1. The second-order valence-electron chi connectivity index (χ2n) is 4.51. The lowest BCUT2D eigenvalue weighted by molar-refractivity contribution is 0.324. The van der Waals surface area contributed by atoms with Crippen molar-refractivity contribution in [3.05, 3.63) is 18.2 Å². The summed E-state index contributed by atoms with van der Waals surface area (Å²) < 4.78 is 2.26. The standard InChI is InChI=1S/C12H22N4/c1-13-9-12-10-14-11-16(12)8-4-7-15-5-2-3-6-15/h10-11,13H,2-9H2,1H3. The number of rotatable bonds is 6. The molecule has 0 aliphatic carbocycles. The first kappa shape index (κ1) is 11.6. The van der Waals surface area contributed by atoms with Gasteiger partial charge in [0.2, 0.25) is 0 Å². The number of nitrogens with one attached hydrogen (secondary N) is 1. The van der Waals surface area contributed by atoms with Gasteiger partial charge in [-0.15, -0.1) is 0 Å². The zero-order chi connectivity index (χ0) is 11.2. The molecule has 1 aromatic heterocycles. The van der Waals surface area contributed by atoms with Gasteiger partial charge < -0.3 is 14.8 Å². The Morgan fingerprint density at radius 3 is 2.88 bits per heavy atom. The smallest absolute Gasteiger partial charge is 0.0948 e. The monoisotopic (exact) mass is 222 g/mol. The molecule has 0 aromatic carbocycles. The van der Waals surface area contributed by atoms with Gasteiger partial charge in [0, 0.05) is 19.3 Å². The summed E-state index contributed by atoms with van der Waals surface area (Å²) in [5, 5.41) is 3.17. The first-order chi connectivity index (χ1) is 7.90. The van der Waals surface area contributed by atoms with Crippen molar-refractivity contribution in [2.24, 2.45) is 0 Å². The predicted molar refractivity (Wildman–Crippen MR) is 65.3 cm³/mol. The molecule has 1 aromatic rings. The van der Waals surface area contributed by atoms with Crippen LogP contribution in [-0.2, 0) is 13.1 Å². The molecule has 1 aliphatic rings. The molecule has 4 heteroatoms. The van der Waals surface area contributed by atoms with Crippen LogP contribution >= 0.6 is 0 Å². The molecule has 16 heavy (non-hydrogen) atoms. The van der Waals surface area contributed by atoms with E-state index in [-0.39, 0.29) is 0 Å². The van der Waals surface area contributed by atoms with Crippen molar-refractivity contribution in [2.45, 2.75) is 32.4 Å². The Kier molecular flexibility index (Phi) is 4.36. The van der Waals surface area contributed by atoms with Crippen molar-refractivity contribution < 1.29 is 0 Å². The van der Waals surface area contributed by atoms with E-state index in [1.165, 1.54) is 44.6 Å². The second-order valence-corrected chi connectivity index (χ2v) is 4.51. The summed E-state index contributed by atoms with van der Waals surface area (Å²) in [6, 6.07) is 0. The zero-order valence-electron chi connectivity index (χ0n) is 10.2. The molecular weight excluding hydrogens is 200 g/mol. The molecule has 2 heterocycles. The summed E-state index contributed by atoms with van der Waals surface area (Å²) in [5.41, 5.74) is 1.28. The van der Waals surface area contributed by atoms with Crippen molar-refractivity contribution in [3.63, 3.8) is 0 Å². The molecule has 0 unspecified atom stereocenters. The van der Waals surface area contributed by atoms with Gasteiger partial charge in [-0.25, -0.2) is 4.98 Å². The molecule has 0 radical (unpaired) electrons. The summed E-state index contributed by atoms with van der Waals surface area (Å²) in [7, 11) is 1.97. The van der Waals surface area contributed by atoms with Crippen LogP contribution in [-0.4, -0.2) is 41.1 Å². The first-order valence-electron chi connectivity index (χ1n) is 6.26. The lowest BCUT2D eigenvalue weighted by Crippen LogP contribution is -2.22. The number of hydrogen-bond acceptors (Lipinski definition) is 3. The van der Waals surface area contributed by atoms with Crippen molar-refractivity contribution >= 4 is 0 Å². The number of nitrogens with zero attached hydrogens (tertiary/aromatic N) is 3. The Morgan fingerprint density at radius 2 is 2.12 bits per heavy atom. The quantitative estimate of drug-likeness (QED) is 0.782. The number of aryl methyl sites for hydroxylation is 1. The van der Waals surface area contributed by atoms with Crippen LogP contribution in [0.15, 0.2) is 12.5 Å². The van der Waals surface area contributed by atoms with E-state index in [2.05, 4.69) is 19.8 Å². The van der Waals surface area contributed by atoms with Crippen molar-refractivity contribution in [1.29, 1.82) is 0 Å². The summed E-state index contributed by atoms with van der Waals surface area (Å²) in [6.07, 6.45) is 7.89. The lowest BCUT2D eigenvalue weighted by atomic mass is 10.3. The normalized spacial score (nSPS) is 17.1. The van der Waals surface area contributed by atoms with E-state index in [9.17, 15) is 0 Å². The van der Waals surface area contributed by atoms with Crippen molar-refractivity contribution in [2.75, 3.05) is 26.7 Å². The summed E-state index contributed by atoms with van der Waals surface area (Å²) in [4.78, 5) is 6.76. The Hall–Kier alpha value is -0.870. The van der Waals surface area contributed by atoms with Crippen LogP contribution < -0.4 is 5.32 Å². The van der Waals surface area contributed by atoms with Crippen molar-refractivity contribution in [3.8, 4) is 0 Å². The SMILES string of the molecule is CNCc1cncn1CCCN1CCCC1. The number of imidazole rings is 1. The molecule has 0 saturated carbocycles. The molecule has 1 fully saturated rings. The van der Waals surface area contributed by atoms with Crippen LogP contribution in [0.25, 0.3) is 0 Å². The summed E-state index contributed by atoms with van der Waals surface area (Å²) in [6.45, 7) is 5.83. The summed E-state index contributed by atoms with van der Waals surface area (Å²) >= 11 is 0. The van der Waals surface area contributed by atoms with E-state index < -0.39 is 0 Å². The molecule has 1 aliphatic heterocycles. The highest BCUT2D eigenvalue weighted by atomic mass is 15.1. The first-order valence-corrected chi connectivity index (χ1v) is 6.26. The number of likely N-dealkylation sites (tertiary alicyclic amines) is 1. The van der Waals surface area contributed by atoms with E-state index in [1.54, 1.807) is 0 Å². The molecule has 1 saturated heterocycles. The Morgan fingerprint density at radius 1 is 1.31 bits per heavy atom. The van der Waals surface area contributed by atoms with Crippen LogP contribution in [0.3, 0.4) is 0 Å². The average molecular weight is 222 g/mol. The Balaban J connectivity index is 1.73. The highest BCUT2D eigenvalue weighted by Gasteiger charge is 2.10. The third-order valence-corrected chi connectivity index (χ3v) is 3.23. The minimum atomic E-state index is 0.906. The van der Waals surface area contributed by atoms with Gasteiger partial charge in [0.25, 0.3) is 0 Å². The number of aromatic nitrogens is 2. The van der Waals surface area contributed by atoms with Crippen LogP contribution in [0.1, 0.15) is 25.0 Å². The van der Waals surface area contributed by atoms with E-state index in [0.29, 0.717) is 0 Å². The second kappa shape index (κ2) is 6.01. The highest BCUT2D eigenvalue weighted by molar-refractivity contribution is 4.97. The highest BCUT2D eigenvalue weighted by Crippen LogP contribution is 2.08. The van der Waals surface area contributed by atoms with Gasteiger partial charge in [0.05, 0.1) is 12.0 Å². The maximum absolute atomic E-state index is 4.20. The van der Waals surface area contributed by atoms with E-state index in [0.717, 1.165) is 13.1 Å². The zero-order valence-corrected chi connectivity index (χ0v) is 10.2. The molecule has 2 rings (SSSR count). The minimum Gasteiger partial charge on any atom is -0.333 e. The van der Waals surface area contributed by atoms with Gasteiger partial charge in [-0.3, -0.25) is 0 Å². The molecule has 0 amide bonds. The Labute approximate surface area is 97.7 Å². The van der Waals surface area contributed by atoms with Gasteiger partial charge >= 0.3 is 0 Å². The van der Waals surface area contributed by atoms with Crippen LogP contribution in [0.2, 0.25) is 0 Å². The minimum absolute atomic E-state index is 0.906. The van der Waals surface area contributed by atoms with Gasteiger partial charge in [0.1, 0.15) is 0 Å². The van der Waals surface area contributed by atoms with E-state index >= 15 is 0 Å². The van der Waals surface area contributed by atoms with Gasteiger partial charge in [0.15, 0.2) is 0 Å². The largest absolute Gasteiger partial charge is 0.333 e. The fourth-order valence-corrected chi connectivity index (χ4v) is 2.35. The molecule has 1 N–H and O–H groups in total. The molecule has 0 bridgehead atoms. The van der Waals surface area contributed by atoms with Crippen LogP contribution in [0.4, 0.5) is 0 Å². The Bertz CT molecular complexity index is 302. The molecule has 0 atom stereocenters. The lowest BCUT2D eigenvalue weighted by Gasteiger charge is -2.15. The molecule has 90 valence electrons. The molecule has 0 spiro atoms. The fraction of sp³-hybridized carbons (Fsp3) is 0.750. The van der Waals surface area contributed by atoms with E-state index in [4.69, 9.17) is 0 Å². The summed E-state index contributed by atoms with van der Waals surface area (Å²) in [5.74, 6) is 0. The van der Waals surface area contributed by atoms with Gasteiger partial charge in [-0.2, -0.15) is 0 Å².